The van der Waals surface area contributed by atoms with E-state index < -0.39 is 0 Å². The van der Waals surface area contributed by atoms with Crippen molar-refractivity contribution < 1.29 is 0 Å². The Hall–Kier alpha value is -1.06. The number of nitrogens with two attached hydrogens (primary N) is 1. The Bertz CT molecular complexity index is 443. The minimum Gasteiger partial charge on any atom is -0.369 e. The Morgan fingerprint density at radius 2 is 1.74 bits per heavy atom. The maximum atomic E-state index is 5.89. The fourth-order valence-corrected chi connectivity index (χ4v) is 3.33. The normalized spacial score (nSPS) is 28.3. The van der Waals surface area contributed by atoms with Gasteiger partial charge in [0.05, 0.1) is 0 Å². The standard InChI is InChI=1S/C16H25N3/c1-12-4-3-5-16(13(12)2)19-8-6-18(7-9-19)15-10-14(17)11-15/h3-5,14-15H,6-11,17H2,1-2H3. The number of benzene rings is 1. The first-order valence-corrected chi connectivity index (χ1v) is 7.46. The summed E-state index contributed by atoms with van der Waals surface area (Å²) < 4.78 is 0. The van der Waals surface area contributed by atoms with Crippen LogP contribution in [0.5, 0.6) is 0 Å². The van der Waals surface area contributed by atoms with Gasteiger partial charge in [-0.15, -0.1) is 0 Å². The first-order valence-electron chi connectivity index (χ1n) is 7.46. The Morgan fingerprint density at radius 1 is 1.05 bits per heavy atom. The minimum absolute atomic E-state index is 0.460. The molecule has 0 unspecified atom stereocenters. The summed E-state index contributed by atoms with van der Waals surface area (Å²) in [6, 6.07) is 7.86. The smallest absolute Gasteiger partial charge is 0.0399 e. The molecule has 0 spiro atoms. The molecule has 2 aliphatic rings. The van der Waals surface area contributed by atoms with Crippen LogP contribution >= 0.6 is 0 Å². The van der Waals surface area contributed by atoms with Crippen LogP contribution in [0, 0.1) is 13.8 Å². The second-order valence-electron chi connectivity index (χ2n) is 6.13. The predicted molar refractivity (Wildman–Crippen MR) is 80.7 cm³/mol. The molecule has 1 aromatic rings. The van der Waals surface area contributed by atoms with Crippen LogP contribution in [0.1, 0.15) is 24.0 Å². The molecule has 19 heavy (non-hydrogen) atoms. The van der Waals surface area contributed by atoms with Gasteiger partial charge in [0.1, 0.15) is 0 Å². The van der Waals surface area contributed by atoms with Gasteiger partial charge in [0.15, 0.2) is 0 Å². The average molecular weight is 259 g/mol. The van der Waals surface area contributed by atoms with Gasteiger partial charge in [0, 0.05) is 44.0 Å². The van der Waals surface area contributed by atoms with Gasteiger partial charge in [0.2, 0.25) is 0 Å². The fraction of sp³-hybridized carbons (Fsp3) is 0.625. The van der Waals surface area contributed by atoms with Crippen molar-refractivity contribution in [3.05, 3.63) is 29.3 Å². The fourth-order valence-electron chi connectivity index (χ4n) is 3.33. The maximum absolute atomic E-state index is 5.89. The van der Waals surface area contributed by atoms with Crippen LogP contribution in [0.15, 0.2) is 18.2 Å². The van der Waals surface area contributed by atoms with Crippen LogP contribution < -0.4 is 10.6 Å². The van der Waals surface area contributed by atoms with Crippen LogP contribution in [0.2, 0.25) is 0 Å². The van der Waals surface area contributed by atoms with Crippen LogP contribution in [0.4, 0.5) is 5.69 Å². The van der Waals surface area contributed by atoms with Gasteiger partial charge in [-0.25, -0.2) is 0 Å². The average Bonchev–Trinajstić information content (AvgIpc) is 2.39. The molecule has 3 heteroatoms. The van der Waals surface area contributed by atoms with E-state index in [1.807, 2.05) is 0 Å². The van der Waals surface area contributed by atoms with Gasteiger partial charge in [-0.1, -0.05) is 12.1 Å². The highest BCUT2D eigenvalue weighted by Crippen LogP contribution is 2.28. The monoisotopic (exact) mass is 259 g/mol. The van der Waals surface area contributed by atoms with Gasteiger partial charge < -0.3 is 10.6 Å². The first-order chi connectivity index (χ1) is 9.15. The summed E-state index contributed by atoms with van der Waals surface area (Å²) in [5, 5.41) is 0. The molecule has 0 bridgehead atoms. The van der Waals surface area contributed by atoms with Crippen LogP contribution in [-0.2, 0) is 0 Å². The van der Waals surface area contributed by atoms with Crippen molar-refractivity contribution in [3.63, 3.8) is 0 Å². The summed E-state index contributed by atoms with van der Waals surface area (Å²) in [6.45, 7) is 9.11. The van der Waals surface area contributed by atoms with E-state index in [1.54, 1.807) is 0 Å². The summed E-state index contributed by atoms with van der Waals surface area (Å²) >= 11 is 0. The van der Waals surface area contributed by atoms with E-state index in [9.17, 15) is 0 Å². The van der Waals surface area contributed by atoms with E-state index in [0.29, 0.717) is 6.04 Å². The zero-order valence-electron chi connectivity index (χ0n) is 12.1. The first kappa shape index (κ1) is 12.9. The largest absolute Gasteiger partial charge is 0.369 e. The number of nitrogens with zero attached hydrogens (tertiary/aromatic N) is 2. The Balaban J connectivity index is 1.62. The molecule has 0 aromatic heterocycles. The molecular weight excluding hydrogens is 234 g/mol. The Morgan fingerprint density at radius 3 is 2.37 bits per heavy atom. The summed E-state index contributed by atoms with van der Waals surface area (Å²) in [4.78, 5) is 5.17. The molecule has 1 saturated carbocycles. The molecule has 0 amide bonds. The van der Waals surface area contributed by atoms with Gasteiger partial charge in [0.25, 0.3) is 0 Å². The Labute approximate surface area is 116 Å². The van der Waals surface area contributed by atoms with E-state index in [-0.39, 0.29) is 0 Å². The topological polar surface area (TPSA) is 32.5 Å². The van der Waals surface area contributed by atoms with Gasteiger partial charge in [-0.05, 0) is 43.9 Å². The molecule has 1 saturated heterocycles. The summed E-state index contributed by atoms with van der Waals surface area (Å²) in [5.74, 6) is 0. The lowest BCUT2D eigenvalue weighted by Gasteiger charge is -2.46. The molecular formula is C16H25N3. The highest BCUT2D eigenvalue weighted by Gasteiger charge is 2.32. The number of piperazine rings is 1. The number of anilines is 1. The molecule has 1 aliphatic heterocycles. The second-order valence-corrected chi connectivity index (χ2v) is 6.13. The highest BCUT2D eigenvalue weighted by molar-refractivity contribution is 5.56. The summed E-state index contributed by atoms with van der Waals surface area (Å²) in [6.07, 6.45) is 2.40. The molecule has 0 radical (unpaired) electrons. The zero-order valence-corrected chi connectivity index (χ0v) is 12.1. The number of hydrogen-bond donors (Lipinski definition) is 1. The van der Waals surface area contributed by atoms with E-state index in [4.69, 9.17) is 5.73 Å². The van der Waals surface area contributed by atoms with Crippen molar-refractivity contribution in [2.24, 2.45) is 5.73 Å². The zero-order chi connectivity index (χ0) is 13.4. The molecule has 2 fully saturated rings. The number of hydrogen-bond acceptors (Lipinski definition) is 3. The van der Waals surface area contributed by atoms with E-state index in [2.05, 4.69) is 41.8 Å². The van der Waals surface area contributed by atoms with Crippen molar-refractivity contribution in [2.45, 2.75) is 38.8 Å². The second kappa shape index (κ2) is 5.14. The molecule has 0 atom stereocenters. The third-order valence-electron chi connectivity index (χ3n) is 4.90. The number of aryl methyl sites for hydroxylation is 1. The van der Waals surface area contributed by atoms with Crippen LogP contribution in [0.25, 0.3) is 0 Å². The molecule has 1 heterocycles. The van der Waals surface area contributed by atoms with Gasteiger partial charge in [-0.3, -0.25) is 4.90 Å². The maximum Gasteiger partial charge on any atom is 0.0399 e. The van der Waals surface area contributed by atoms with E-state index in [0.717, 1.165) is 19.1 Å². The third kappa shape index (κ3) is 2.49. The lowest BCUT2D eigenvalue weighted by atomic mass is 9.86. The van der Waals surface area contributed by atoms with Crippen LogP contribution in [0.3, 0.4) is 0 Å². The lowest BCUT2D eigenvalue weighted by Crippen LogP contribution is -2.57. The SMILES string of the molecule is Cc1cccc(N2CCN(C3CC(N)C3)CC2)c1C. The molecule has 3 rings (SSSR count). The third-order valence-corrected chi connectivity index (χ3v) is 4.90. The molecule has 2 N–H and O–H groups in total. The quantitative estimate of drug-likeness (QED) is 0.880. The van der Waals surface area contributed by atoms with Crippen molar-refractivity contribution >= 4 is 5.69 Å². The molecule has 1 aromatic carbocycles. The number of rotatable bonds is 2. The van der Waals surface area contributed by atoms with E-state index >= 15 is 0 Å². The summed E-state index contributed by atoms with van der Waals surface area (Å²) in [7, 11) is 0. The van der Waals surface area contributed by atoms with Crippen LogP contribution in [-0.4, -0.2) is 43.2 Å². The predicted octanol–water partition coefficient (Wildman–Crippen LogP) is 1.92. The van der Waals surface area contributed by atoms with Gasteiger partial charge in [-0.2, -0.15) is 0 Å². The van der Waals surface area contributed by atoms with Crippen molar-refractivity contribution in [1.29, 1.82) is 0 Å². The Kier molecular flexibility index (Phi) is 3.50. The van der Waals surface area contributed by atoms with E-state index in [1.165, 1.54) is 42.7 Å². The minimum atomic E-state index is 0.460. The van der Waals surface area contributed by atoms with Crippen molar-refractivity contribution in [1.82, 2.24) is 4.90 Å². The van der Waals surface area contributed by atoms with Crippen molar-refractivity contribution in [3.8, 4) is 0 Å². The van der Waals surface area contributed by atoms with Crippen molar-refractivity contribution in [2.75, 3.05) is 31.1 Å². The lowest BCUT2D eigenvalue weighted by molar-refractivity contribution is 0.104. The van der Waals surface area contributed by atoms with Gasteiger partial charge >= 0.3 is 0 Å². The molecule has 3 nitrogen and oxygen atoms in total. The molecule has 104 valence electrons. The highest BCUT2D eigenvalue weighted by atomic mass is 15.3. The molecule has 1 aliphatic carbocycles. The summed E-state index contributed by atoms with van der Waals surface area (Å²) in [5.41, 5.74) is 10.1.